The number of hydrogen-bond donors (Lipinski definition) is 0. The van der Waals surface area contributed by atoms with E-state index in [0.717, 1.165) is 41.6 Å². The summed E-state index contributed by atoms with van der Waals surface area (Å²) in [5.74, 6) is 5.03. The van der Waals surface area contributed by atoms with Gasteiger partial charge in [0.15, 0.2) is 5.78 Å². The van der Waals surface area contributed by atoms with Crippen LogP contribution >= 0.6 is 0 Å². The fourth-order valence-corrected chi connectivity index (χ4v) is 9.45. The monoisotopic (exact) mass is 428 g/mol. The molecule has 0 spiro atoms. The maximum Gasteiger partial charge on any atom is 0.166 e. The zero-order valence-electron chi connectivity index (χ0n) is 20.3. The summed E-state index contributed by atoms with van der Waals surface area (Å²) in [6.07, 6.45) is 12.2. The second kappa shape index (κ2) is 7.44. The SMILES string of the molecule is CC1CCC2(C)C(CCC3C2CCC2(C)C(C(=O)c4ccc5ccccc5c4)CCC32)C1. The number of ketones is 1. The Kier molecular flexibility index (Phi) is 4.87. The largest absolute Gasteiger partial charge is 0.294 e. The average molecular weight is 429 g/mol. The van der Waals surface area contributed by atoms with E-state index in [1.807, 2.05) is 0 Å². The molecule has 2 aromatic rings. The predicted molar refractivity (Wildman–Crippen MR) is 133 cm³/mol. The van der Waals surface area contributed by atoms with Crippen LogP contribution in [0.15, 0.2) is 42.5 Å². The molecule has 1 nitrogen and oxygen atoms in total. The van der Waals surface area contributed by atoms with Gasteiger partial charge >= 0.3 is 0 Å². The standard InChI is InChI=1S/C31H40O/c1-20-14-16-30(2)24(18-20)10-11-25-26-12-13-28(31(26,3)17-15-27(25)30)29(32)23-9-8-21-6-4-5-7-22(21)19-23/h4-9,19-20,24-28H,10-18H2,1-3H3. The molecule has 4 aliphatic rings. The van der Waals surface area contributed by atoms with E-state index < -0.39 is 0 Å². The summed E-state index contributed by atoms with van der Waals surface area (Å²) >= 11 is 0. The van der Waals surface area contributed by atoms with Crippen LogP contribution in [0.4, 0.5) is 0 Å². The third kappa shape index (κ3) is 2.99. The molecule has 6 rings (SSSR count). The molecule has 0 bridgehead atoms. The van der Waals surface area contributed by atoms with Gasteiger partial charge in [0.25, 0.3) is 0 Å². The van der Waals surface area contributed by atoms with Gasteiger partial charge in [-0.25, -0.2) is 0 Å². The normalized spacial score (nSPS) is 43.3. The first kappa shape index (κ1) is 20.9. The van der Waals surface area contributed by atoms with Crippen LogP contribution in [0.3, 0.4) is 0 Å². The molecule has 0 heterocycles. The highest BCUT2D eigenvalue weighted by atomic mass is 16.1. The molecule has 8 atom stereocenters. The molecule has 0 aliphatic heterocycles. The van der Waals surface area contributed by atoms with Crippen LogP contribution in [0.2, 0.25) is 0 Å². The first-order chi connectivity index (χ1) is 15.4. The minimum Gasteiger partial charge on any atom is -0.294 e. The van der Waals surface area contributed by atoms with Crippen LogP contribution in [-0.4, -0.2) is 5.78 Å². The summed E-state index contributed by atoms with van der Waals surface area (Å²) in [4.78, 5) is 13.8. The van der Waals surface area contributed by atoms with Gasteiger partial charge in [-0.1, -0.05) is 63.6 Å². The highest BCUT2D eigenvalue weighted by molar-refractivity contribution is 6.01. The summed E-state index contributed by atoms with van der Waals surface area (Å²) in [5, 5.41) is 2.42. The van der Waals surface area contributed by atoms with Gasteiger partial charge in [-0.15, -0.1) is 0 Å². The second-order valence-electron chi connectivity index (χ2n) is 12.6. The minimum atomic E-state index is 0.203. The van der Waals surface area contributed by atoms with Crippen LogP contribution in [-0.2, 0) is 0 Å². The molecular formula is C31H40O. The third-order valence-corrected chi connectivity index (χ3v) is 11.3. The van der Waals surface area contributed by atoms with Crippen molar-refractivity contribution in [3.8, 4) is 0 Å². The lowest BCUT2D eigenvalue weighted by molar-refractivity contribution is -0.114. The Morgan fingerprint density at radius 1 is 0.812 bits per heavy atom. The van der Waals surface area contributed by atoms with E-state index in [1.165, 1.54) is 62.1 Å². The van der Waals surface area contributed by atoms with Crippen LogP contribution in [0, 0.1) is 46.3 Å². The molecule has 170 valence electrons. The quantitative estimate of drug-likeness (QED) is 0.439. The molecule has 0 saturated heterocycles. The van der Waals surface area contributed by atoms with Gasteiger partial charge in [0, 0.05) is 11.5 Å². The van der Waals surface area contributed by atoms with Gasteiger partial charge in [-0.3, -0.25) is 4.79 Å². The molecule has 4 aliphatic carbocycles. The first-order valence-corrected chi connectivity index (χ1v) is 13.4. The van der Waals surface area contributed by atoms with Crippen molar-refractivity contribution in [2.45, 2.75) is 78.6 Å². The Balaban J connectivity index is 1.27. The Hall–Kier alpha value is -1.63. The van der Waals surface area contributed by atoms with E-state index >= 15 is 0 Å². The second-order valence-corrected chi connectivity index (χ2v) is 12.6. The van der Waals surface area contributed by atoms with Gasteiger partial charge in [0.05, 0.1) is 0 Å². The van der Waals surface area contributed by atoms with E-state index in [9.17, 15) is 4.79 Å². The number of benzene rings is 2. The first-order valence-electron chi connectivity index (χ1n) is 13.4. The molecule has 1 heteroatoms. The predicted octanol–water partition coefficient (Wildman–Crippen LogP) is 8.32. The maximum absolute atomic E-state index is 13.8. The van der Waals surface area contributed by atoms with Crippen molar-refractivity contribution in [2.75, 3.05) is 0 Å². The van der Waals surface area contributed by atoms with E-state index in [-0.39, 0.29) is 11.3 Å². The molecule has 4 fully saturated rings. The summed E-state index contributed by atoms with van der Waals surface area (Å²) in [6, 6.07) is 14.8. The van der Waals surface area contributed by atoms with Crippen LogP contribution in [0.25, 0.3) is 10.8 Å². The van der Waals surface area contributed by atoms with Gasteiger partial charge in [0.1, 0.15) is 0 Å². The van der Waals surface area contributed by atoms with E-state index in [1.54, 1.807) is 0 Å². The Labute approximate surface area is 194 Å². The van der Waals surface area contributed by atoms with Crippen LogP contribution in [0.1, 0.15) is 88.9 Å². The van der Waals surface area contributed by atoms with Crippen LogP contribution in [0.5, 0.6) is 0 Å². The van der Waals surface area contributed by atoms with Crippen molar-refractivity contribution in [1.82, 2.24) is 0 Å². The summed E-state index contributed by atoms with van der Waals surface area (Å²) < 4.78 is 0. The number of rotatable bonds is 2. The number of fused-ring (bicyclic) bond motifs is 6. The van der Waals surface area contributed by atoms with Gasteiger partial charge in [-0.2, -0.15) is 0 Å². The van der Waals surface area contributed by atoms with Gasteiger partial charge in [0.2, 0.25) is 0 Å². The summed E-state index contributed by atoms with van der Waals surface area (Å²) in [5.41, 5.74) is 1.71. The fourth-order valence-electron chi connectivity index (χ4n) is 9.45. The van der Waals surface area contributed by atoms with Gasteiger partial charge in [-0.05, 0) is 109 Å². The summed E-state index contributed by atoms with van der Waals surface area (Å²) in [7, 11) is 0. The lowest BCUT2D eigenvalue weighted by atomic mass is 9.44. The zero-order valence-corrected chi connectivity index (χ0v) is 20.3. The highest BCUT2D eigenvalue weighted by Gasteiger charge is 2.61. The zero-order chi connectivity index (χ0) is 22.1. The molecule has 8 unspecified atom stereocenters. The lowest BCUT2D eigenvalue weighted by Gasteiger charge is -2.61. The summed E-state index contributed by atoms with van der Waals surface area (Å²) in [6.45, 7) is 7.64. The molecule has 4 saturated carbocycles. The van der Waals surface area contributed by atoms with Crippen molar-refractivity contribution >= 4 is 16.6 Å². The van der Waals surface area contributed by atoms with Crippen molar-refractivity contribution in [1.29, 1.82) is 0 Å². The van der Waals surface area contributed by atoms with Crippen LogP contribution < -0.4 is 0 Å². The molecule has 0 N–H and O–H groups in total. The number of hydrogen-bond acceptors (Lipinski definition) is 1. The smallest absolute Gasteiger partial charge is 0.166 e. The molecular weight excluding hydrogens is 388 g/mol. The molecule has 32 heavy (non-hydrogen) atoms. The minimum absolute atomic E-state index is 0.203. The molecule has 0 amide bonds. The average Bonchev–Trinajstić information content (AvgIpc) is 3.16. The van der Waals surface area contributed by atoms with Gasteiger partial charge < -0.3 is 0 Å². The number of carbonyl (C=O) groups excluding carboxylic acids is 1. The van der Waals surface area contributed by atoms with Crippen molar-refractivity contribution < 1.29 is 4.79 Å². The maximum atomic E-state index is 13.8. The van der Waals surface area contributed by atoms with Crippen molar-refractivity contribution in [3.63, 3.8) is 0 Å². The number of Topliss-reactive ketones (excluding diaryl/α,β-unsaturated/α-hetero) is 1. The Bertz CT molecular complexity index is 1040. The Morgan fingerprint density at radius 2 is 1.56 bits per heavy atom. The Morgan fingerprint density at radius 3 is 2.41 bits per heavy atom. The topological polar surface area (TPSA) is 17.1 Å². The number of carbonyl (C=O) groups is 1. The highest BCUT2D eigenvalue weighted by Crippen LogP contribution is 2.68. The van der Waals surface area contributed by atoms with E-state index in [4.69, 9.17) is 0 Å². The molecule has 0 radical (unpaired) electrons. The lowest BCUT2D eigenvalue weighted by Crippen LogP contribution is -2.53. The van der Waals surface area contributed by atoms with Crippen molar-refractivity contribution in [2.24, 2.45) is 46.3 Å². The molecule has 0 aromatic heterocycles. The van der Waals surface area contributed by atoms with Crippen molar-refractivity contribution in [3.05, 3.63) is 48.0 Å². The molecule has 2 aromatic carbocycles. The third-order valence-electron chi connectivity index (χ3n) is 11.3. The fraction of sp³-hybridized carbons (Fsp3) is 0.645. The van der Waals surface area contributed by atoms with E-state index in [2.05, 4.69) is 63.2 Å². The van der Waals surface area contributed by atoms with E-state index in [0.29, 0.717) is 11.2 Å².